The summed E-state index contributed by atoms with van der Waals surface area (Å²) in [6, 6.07) is 5.89. The standard InChI is InChI=1S/C12H16N2O2S/c1-3-16-9-4-5-10-11(8-9)14-12(13-10)17-7-6-15-2/h4-5,8H,3,6-7H2,1-2H3,(H,13,14). The van der Waals surface area contributed by atoms with Crippen LogP contribution in [-0.4, -0.2) is 36.0 Å². The molecular formula is C12H16N2O2S. The van der Waals surface area contributed by atoms with Gasteiger partial charge in [-0.05, 0) is 19.1 Å². The molecular weight excluding hydrogens is 236 g/mol. The van der Waals surface area contributed by atoms with E-state index in [9.17, 15) is 0 Å². The Morgan fingerprint density at radius 1 is 1.41 bits per heavy atom. The number of imidazole rings is 1. The Labute approximate surface area is 105 Å². The Morgan fingerprint density at radius 3 is 3.06 bits per heavy atom. The van der Waals surface area contributed by atoms with Gasteiger partial charge in [0.15, 0.2) is 5.16 Å². The van der Waals surface area contributed by atoms with E-state index in [4.69, 9.17) is 9.47 Å². The number of hydrogen-bond acceptors (Lipinski definition) is 4. The van der Waals surface area contributed by atoms with Crippen molar-refractivity contribution in [1.82, 2.24) is 9.97 Å². The summed E-state index contributed by atoms with van der Waals surface area (Å²) in [4.78, 5) is 7.75. The molecule has 17 heavy (non-hydrogen) atoms. The summed E-state index contributed by atoms with van der Waals surface area (Å²) in [5.74, 6) is 1.77. The molecule has 2 aromatic rings. The van der Waals surface area contributed by atoms with Gasteiger partial charge in [-0.1, -0.05) is 11.8 Å². The Balaban J connectivity index is 2.12. The zero-order valence-corrected chi connectivity index (χ0v) is 10.8. The maximum atomic E-state index is 5.45. The first-order valence-corrected chi connectivity index (χ1v) is 6.56. The Morgan fingerprint density at radius 2 is 2.29 bits per heavy atom. The lowest BCUT2D eigenvalue weighted by atomic mass is 10.3. The molecule has 1 N–H and O–H groups in total. The van der Waals surface area contributed by atoms with Crippen LogP contribution in [0.3, 0.4) is 0 Å². The molecule has 4 nitrogen and oxygen atoms in total. The van der Waals surface area contributed by atoms with Gasteiger partial charge in [0.05, 0.1) is 24.2 Å². The van der Waals surface area contributed by atoms with Crippen molar-refractivity contribution in [2.45, 2.75) is 12.1 Å². The fourth-order valence-corrected chi connectivity index (χ4v) is 2.30. The zero-order valence-electron chi connectivity index (χ0n) is 10.0. The van der Waals surface area contributed by atoms with E-state index in [0.29, 0.717) is 6.61 Å². The molecule has 0 fully saturated rings. The van der Waals surface area contributed by atoms with E-state index >= 15 is 0 Å². The number of nitrogens with one attached hydrogen (secondary N) is 1. The molecule has 0 saturated carbocycles. The fraction of sp³-hybridized carbons (Fsp3) is 0.417. The third kappa shape index (κ3) is 3.14. The molecule has 0 amide bonds. The molecule has 0 bridgehead atoms. The molecule has 2 rings (SSSR count). The lowest BCUT2D eigenvalue weighted by Gasteiger charge is -2.00. The van der Waals surface area contributed by atoms with Crippen LogP contribution in [0.2, 0.25) is 0 Å². The first kappa shape index (κ1) is 12.3. The highest BCUT2D eigenvalue weighted by atomic mass is 32.2. The lowest BCUT2D eigenvalue weighted by molar-refractivity contribution is 0.218. The van der Waals surface area contributed by atoms with Gasteiger partial charge in [-0.2, -0.15) is 0 Å². The van der Waals surface area contributed by atoms with Gasteiger partial charge in [-0.25, -0.2) is 4.98 Å². The van der Waals surface area contributed by atoms with Crippen LogP contribution >= 0.6 is 11.8 Å². The van der Waals surface area contributed by atoms with Gasteiger partial charge in [0.1, 0.15) is 5.75 Å². The van der Waals surface area contributed by atoms with Gasteiger partial charge in [-0.15, -0.1) is 0 Å². The number of fused-ring (bicyclic) bond motifs is 1. The van der Waals surface area contributed by atoms with E-state index in [-0.39, 0.29) is 0 Å². The van der Waals surface area contributed by atoms with Crippen LogP contribution in [0.15, 0.2) is 23.4 Å². The summed E-state index contributed by atoms with van der Waals surface area (Å²) in [6.45, 7) is 3.38. The molecule has 5 heteroatoms. The third-order valence-electron chi connectivity index (χ3n) is 2.27. The average Bonchev–Trinajstić information content (AvgIpc) is 2.72. The van der Waals surface area contributed by atoms with Gasteiger partial charge in [0.2, 0.25) is 0 Å². The van der Waals surface area contributed by atoms with Crippen molar-refractivity contribution in [2.24, 2.45) is 0 Å². The number of rotatable bonds is 6. The largest absolute Gasteiger partial charge is 0.494 e. The predicted octanol–water partition coefficient (Wildman–Crippen LogP) is 2.70. The molecule has 0 spiro atoms. The quantitative estimate of drug-likeness (QED) is 0.634. The van der Waals surface area contributed by atoms with Crippen LogP contribution in [0.25, 0.3) is 11.0 Å². The second-order valence-electron chi connectivity index (χ2n) is 3.50. The van der Waals surface area contributed by atoms with Crippen molar-refractivity contribution in [3.05, 3.63) is 18.2 Å². The van der Waals surface area contributed by atoms with E-state index in [1.54, 1.807) is 18.9 Å². The van der Waals surface area contributed by atoms with Crippen LogP contribution in [-0.2, 0) is 4.74 Å². The van der Waals surface area contributed by atoms with Crippen LogP contribution < -0.4 is 4.74 Å². The molecule has 1 aromatic carbocycles. The fourth-order valence-electron chi connectivity index (χ4n) is 1.51. The van der Waals surface area contributed by atoms with E-state index in [1.165, 1.54) is 0 Å². The molecule has 1 heterocycles. The number of benzene rings is 1. The first-order valence-electron chi connectivity index (χ1n) is 5.57. The van der Waals surface area contributed by atoms with Crippen molar-refractivity contribution >= 4 is 22.8 Å². The van der Waals surface area contributed by atoms with Crippen LogP contribution in [0.5, 0.6) is 5.75 Å². The smallest absolute Gasteiger partial charge is 0.166 e. The molecule has 92 valence electrons. The summed E-state index contributed by atoms with van der Waals surface area (Å²) in [5, 5.41) is 0.922. The summed E-state index contributed by atoms with van der Waals surface area (Å²) in [5.41, 5.74) is 1.98. The highest BCUT2D eigenvalue weighted by molar-refractivity contribution is 7.99. The number of thioether (sulfide) groups is 1. The number of aromatic nitrogens is 2. The third-order valence-corrected chi connectivity index (χ3v) is 3.11. The molecule has 0 unspecified atom stereocenters. The van der Waals surface area contributed by atoms with Crippen molar-refractivity contribution < 1.29 is 9.47 Å². The Kier molecular flexibility index (Phi) is 4.28. The van der Waals surface area contributed by atoms with Gasteiger partial charge in [0, 0.05) is 18.9 Å². The van der Waals surface area contributed by atoms with Crippen LogP contribution in [0.4, 0.5) is 0 Å². The topological polar surface area (TPSA) is 47.1 Å². The summed E-state index contributed by atoms with van der Waals surface area (Å²) >= 11 is 1.66. The van der Waals surface area contributed by atoms with Gasteiger partial charge >= 0.3 is 0 Å². The summed E-state index contributed by atoms with van der Waals surface area (Å²) < 4.78 is 10.5. The zero-order chi connectivity index (χ0) is 12.1. The monoisotopic (exact) mass is 252 g/mol. The number of nitrogens with zero attached hydrogens (tertiary/aromatic N) is 1. The minimum absolute atomic E-state index is 0.676. The van der Waals surface area contributed by atoms with Crippen molar-refractivity contribution in [2.75, 3.05) is 26.1 Å². The van der Waals surface area contributed by atoms with Crippen molar-refractivity contribution in [1.29, 1.82) is 0 Å². The van der Waals surface area contributed by atoms with Gasteiger partial charge in [-0.3, -0.25) is 0 Å². The van der Waals surface area contributed by atoms with Crippen molar-refractivity contribution in [3.8, 4) is 5.75 Å². The number of hydrogen-bond donors (Lipinski definition) is 1. The average molecular weight is 252 g/mol. The minimum atomic E-state index is 0.676. The molecule has 1 aromatic heterocycles. The molecule has 0 radical (unpaired) electrons. The molecule has 0 atom stereocenters. The maximum Gasteiger partial charge on any atom is 0.166 e. The highest BCUT2D eigenvalue weighted by Crippen LogP contribution is 2.23. The molecule has 0 saturated heterocycles. The van der Waals surface area contributed by atoms with E-state index in [1.807, 2.05) is 25.1 Å². The van der Waals surface area contributed by atoms with Gasteiger partial charge < -0.3 is 14.5 Å². The van der Waals surface area contributed by atoms with Crippen LogP contribution in [0.1, 0.15) is 6.92 Å². The normalized spacial score (nSPS) is 10.9. The minimum Gasteiger partial charge on any atom is -0.494 e. The van der Waals surface area contributed by atoms with E-state index in [0.717, 1.165) is 34.3 Å². The van der Waals surface area contributed by atoms with Crippen LogP contribution in [0, 0.1) is 0 Å². The summed E-state index contributed by atoms with van der Waals surface area (Å²) in [6.07, 6.45) is 0. The van der Waals surface area contributed by atoms with E-state index < -0.39 is 0 Å². The Bertz CT molecular complexity index is 484. The highest BCUT2D eigenvalue weighted by Gasteiger charge is 2.04. The SMILES string of the molecule is CCOc1ccc2nc(SCCOC)[nH]c2c1. The van der Waals surface area contributed by atoms with E-state index in [2.05, 4.69) is 9.97 Å². The van der Waals surface area contributed by atoms with Gasteiger partial charge in [0.25, 0.3) is 0 Å². The number of aromatic amines is 1. The summed E-state index contributed by atoms with van der Waals surface area (Å²) in [7, 11) is 1.70. The second kappa shape index (κ2) is 5.93. The lowest BCUT2D eigenvalue weighted by Crippen LogP contribution is -1.91. The molecule has 0 aliphatic carbocycles. The number of ether oxygens (including phenoxy) is 2. The maximum absolute atomic E-state index is 5.45. The predicted molar refractivity (Wildman–Crippen MR) is 69.9 cm³/mol. The number of H-pyrrole nitrogens is 1. The van der Waals surface area contributed by atoms with Crippen molar-refractivity contribution in [3.63, 3.8) is 0 Å². The second-order valence-corrected chi connectivity index (χ2v) is 4.58. The molecule has 0 aliphatic heterocycles. The number of methoxy groups -OCH3 is 1. The first-order chi connectivity index (χ1) is 8.33. The molecule has 0 aliphatic rings. The Hall–Kier alpha value is -1.20.